The average Bonchev–Trinajstić information content (AvgIpc) is 2.96. The number of carbonyl (C=O) groups is 1. The maximum Gasteiger partial charge on any atom is 0.321 e. The van der Waals surface area contributed by atoms with E-state index in [1.807, 2.05) is 30.0 Å². The summed E-state index contributed by atoms with van der Waals surface area (Å²) in [5.74, 6) is 5.88. The number of nitrogens with zero attached hydrogens (tertiary/aromatic N) is 1. The van der Waals surface area contributed by atoms with E-state index in [-0.39, 0.29) is 12.6 Å². The van der Waals surface area contributed by atoms with E-state index in [1.165, 1.54) is 0 Å². The number of hydrogen-bond donors (Lipinski definition) is 2. The zero-order valence-electron chi connectivity index (χ0n) is 11.8. The number of urea groups is 1. The van der Waals surface area contributed by atoms with Crippen LogP contribution in [0, 0.1) is 18.8 Å². The first kappa shape index (κ1) is 14.4. The standard InChI is InChI=1S/C16H20N2O2/c1-13-12-14(6-2-5-11-19)7-8-15(13)17-16(20)18-9-3-4-10-18/h7-8,12,19H,3-5,9-11H2,1H3,(H,17,20). The van der Waals surface area contributed by atoms with Crippen LogP contribution in [-0.4, -0.2) is 35.7 Å². The molecule has 0 unspecified atom stereocenters. The van der Waals surface area contributed by atoms with Gasteiger partial charge in [0.1, 0.15) is 0 Å². The fraction of sp³-hybridized carbons (Fsp3) is 0.438. The van der Waals surface area contributed by atoms with Crippen LogP contribution in [0.3, 0.4) is 0 Å². The van der Waals surface area contributed by atoms with Crippen molar-refractivity contribution in [2.24, 2.45) is 0 Å². The predicted octanol–water partition coefficient (Wildman–Crippen LogP) is 2.36. The van der Waals surface area contributed by atoms with Gasteiger partial charge in [-0.05, 0) is 43.5 Å². The fourth-order valence-electron chi connectivity index (χ4n) is 2.22. The summed E-state index contributed by atoms with van der Waals surface area (Å²) in [7, 11) is 0. The number of aliphatic hydroxyl groups excluding tert-OH is 1. The Hall–Kier alpha value is -1.99. The molecule has 0 aromatic heterocycles. The van der Waals surface area contributed by atoms with Gasteiger partial charge in [0, 0.05) is 30.8 Å². The minimum absolute atomic E-state index is 0.0234. The summed E-state index contributed by atoms with van der Waals surface area (Å²) < 4.78 is 0. The second-order valence-corrected chi connectivity index (χ2v) is 4.93. The molecule has 2 rings (SSSR count). The van der Waals surface area contributed by atoms with Crippen molar-refractivity contribution in [2.45, 2.75) is 26.2 Å². The van der Waals surface area contributed by atoms with Crippen molar-refractivity contribution in [1.29, 1.82) is 0 Å². The van der Waals surface area contributed by atoms with Gasteiger partial charge in [-0.3, -0.25) is 0 Å². The zero-order valence-corrected chi connectivity index (χ0v) is 11.8. The van der Waals surface area contributed by atoms with Gasteiger partial charge in [-0.1, -0.05) is 11.8 Å². The molecule has 0 spiro atoms. The summed E-state index contributed by atoms with van der Waals surface area (Å²) in [6, 6.07) is 5.69. The van der Waals surface area contributed by atoms with Crippen molar-refractivity contribution < 1.29 is 9.90 Å². The number of aryl methyl sites for hydroxylation is 1. The van der Waals surface area contributed by atoms with Gasteiger partial charge in [0.15, 0.2) is 0 Å². The first-order chi connectivity index (χ1) is 9.70. The summed E-state index contributed by atoms with van der Waals surface area (Å²) in [4.78, 5) is 13.9. The molecule has 1 heterocycles. The van der Waals surface area contributed by atoms with E-state index in [2.05, 4.69) is 17.2 Å². The molecule has 20 heavy (non-hydrogen) atoms. The monoisotopic (exact) mass is 272 g/mol. The lowest BCUT2D eigenvalue weighted by Gasteiger charge is -2.17. The van der Waals surface area contributed by atoms with E-state index in [0.29, 0.717) is 6.42 Å². The van der Waals surface area contributed by atoms with Crippen molar-refractivity contribution in [3.05, 3.63) is 29.3 Å². The van der Waals surface area contributed by atoms with Crippen LogP contribution in [0.2, 0.25) is 0 Å². The van der Waals surface area contributed by atoms with Crippen LogP contribution in [-0.2, 0) is 0 Å². The van der Waals surface area contributed by atoms with Crippen molar-refractivity contribution in [1.82, 2.24) is 4.90 Å². The highest BCUT2D eigenvalue weighted by Gasteiger charge is 2.18. The second kappa shape index (κ2) is 6.97. The van der Waals surface area contributed by atoms with Crippen LogP contribution in [0.4, 0.5) is 10.5 Å². The molecule has 4 heteroatoms. The van der Waals surface area contributed by atoms with Crippen LogP contribution in [0.5, 0.6) is 0 Å². The lowest BCUT2D eigenvalue weighted by atomic mass is 10.1. The molecular weight excluding hydrogens is 252 g/mol. The molecule has 1 aromatic rings. The number of amides is 2. The number of aliphatic hydroxyl groups is 1. The number of likely N-dealkylation sites (tertiary alicyclic amines) is 1. The number of benzene rings is 1. The van der Waals surface area contributed by atoms with Crippen molar-refractivity contribution in [2.75, 3.05) is 25.0 Å². The van der Waals surface area contributed by atoms with Crippen LogP contribution in [0.15, 0.2) is 18.2 Å². The molecule has 2 N–H and O–H groups in total. The van der Waals surface area contributed by atoms with Gasteiger partial charge >= 0.3 is 6.03 Å². The Kier molecular flexibility index (Phi) is 5.03. The van der Waals surface area contributed by atoms with E-state index in [1.54, 1.807) is 0 Å². The quantitative estimate of drug-likeness (QED) is 0.812. The third kappa shape index (κ3) is 3.75. The second-order valence-electron chi connectivity index (χ2n) is 4.93. The molecule has 106 valence electrons. The molecule has 0 bridgehead atoms. The van der Waals surface area contributed by atoms with Gasteiger partial charge in [0.2, 0.25) is 0 Å². The van der Waals surface area contributed by atoms with Gasteiger partial charge in [-0.2, -0.15) is 0 Å². The molecule has 2 amide bonds. The summed E-state index contributed by atoms with van der Waals surface area (Å²) in [5.41, 5.74) is 2.72. The maximum atomic E-state index is 12.0. The topological polar surface area (TPSA) is 52.6 Å². The largest absolute Gasteiger partial charge is 0.395 e. The van der Waals surface area contributed by atoms with E-state index < -0.39 is 0 Å². The maximum absolute atomic E-state index is 12.0. The Labute approximate surface area is 119 Å². The molecular formula is C16H20N2O2. The summed E-state index contributed by atoms with van der Waals surface area (Å²) >= 11 is 0. The molecule has 1 aromatic carbocycles. The first-order valence-corrected chi connectivity index (χ1v) is 6.97. The highest BCUT2D eigenvalue weighted by molar-refractivity contribution is 5.90. The van der Waals surface area contributed by atoms with E-state index in [4.69, 9.17) is 5.11 Å². The van der Waals surface area contributed by atoms with Gasteiger partial charge < -0.3 is 15.3 Å². The van der Waals surface area contributed by atoms with Crippen molar-refractivity contribution in [3.63, 3.8) is 0 Å². The van der Waals surface area contributed by atoms with E-state index in [0.717, 1.165) is 42.7 Å². The van der Waals surface area contributed by atoms with Crippen molar-refractivity contribution >= 4 is 11.7 Å². The average molecular weight is 272 g/mol. The minimum atomic E-state index is -0.0234. The van der Waals surface area contributed by atoms with Gasteiger partial charge in [0.05, 0.1) is 6.61 Å². The molecule has 0 aliphatic carbocycles. The summed E-state index contributed by atoms with van der Waals surface area (Å²) in [6.45, 7) is 3.72. The normalized spacial score (nSPS) is 13.8. The third-order valence-corrected chi connectivity index (χ3v) is 3.33. The number of anilines is 1. The number of nitrogens with one attached hydrogen (secondary N) is 1. The molecule has 4 nitrogen and oxygen atoms in total. The molecule has 1 fully saturated rings. The number of carbonyl (C=O) groups excluding carboxylic acids is 1. The van der Waals surface area contributed by atoms with Gasteiger partial charge in [0.25, 0.3) is 0 Å². The Balaban J connectivity index is 2.02. The highest BCUT2D eigenvalue weighted by atomic mass is 16.2. The lowest BCUT2D eigenvalue weighted by molar-refractivity contribution is 0.222. The molecule has 0 radical (unpaired) electrons. The Morgan fingerprint density at radius 2 is 2.15 bits per heavy atom. The molecule has 0 atom stereocenters. The lowest BCUT2D eigenvalue weighted by Crippen LogP contribution is -2.32. The molecule has 1 aliphatic rings. The smallest absolute Gasteiger partial charge is 0.321 e. The fourth-order valence-corrected chi connectivity index (χ4v) is 2.22. The molecule has 1 aliphatic heterocycles. The number of hydrogen-bond acceptors (Lipinski definition) is 2. The molecule has 1 saturated heterocycles. The Morgan fingerprint density at radius 1 is 1.40 bits per heavy atom. The van der Waals surface area contributed by atoms with Crippen molar-refractivity contribution in [3.8, 4) is 11.8 Å². The van der Waals surface area contributed by atoms with Gasteiger partial charge in [-0.15, -0.1) is 0 Å². The van der Waals surface area contributed by atoms with E-state index >= 15 is 0 Å². The highest BCUT2D eigenvalue weighted by Crippen LogP contribution is 2.18. The summed E-state index contributed by atoms with van der Waals surface area (Å²) in [5, 5.41) is 11.6. The van der Waals surface area contributed by atoms with Crippen LogP contribution >= 0.6 is 0 Å². The number of rotatable bonds is 2. The SMILES string of the molecule is Cc1cc(C#CCCO)ccc1NC(=O)N1CCCC1. The van der Waals surface area contributed by atoms with E-state index in [9.17, 15) is 4.79 Å². The minimum Gasteiger partial charge on any atom is -0.395 e. The summed E-state index contributed by atoms with van der Waals surface area (Å²) in [6.07, 6.45) is 2.66. The Morgan fingerprint density at radius 3 is 2.80 bits per heavy atom. The zero-order chi connectivity index (χ0) is 14.4. The molecule has 0 saturated carbocycles. The van der Waals surface area contributed by atoms with Crippen LogP contribution in [0.25, 0.3) is 0 Å². The predicted molar refractivity (Wildman–Crippen MR) is 79.6 cm³/mol. The Bertz CT molecular complexity index is 537. The third-order valence-electron chi connectivity index (χ3n) is 3.33. The van der Waals surface area contributed by atoms with Crippen LogP contribution in [0.1, 0.15) is 30.4 Å². The van der Waals surface area contributed by atoms with Crippen LogP contribution < -0.4 is 5.32 Å². The first-order valence-electron chi connectivity index (χ1n) is 6.97. The van der Waals surface area contributed by atoms with Gasteiger partial charge in [-0.25, -0.2) is 4.79 Å².